The highest BCUT2D eigenvalue weighted by Crippen LogP contribution is 2.19. The van der Waals surface area contributed by atoms with Crippen LogP contribution in [0.2, 0.25) is 0 Å². The monoisotopic (exact) mass is 350 g/mol. The molecule has 126 valence electrons. The molecule has 0 radical (unpaired) electrons. The summed E-state index contributed by atoms with van der Waals surface area (Å²) in [6, 6.07) is 6.43. The number of halogens is 1. The molecule has 1 aromatic heterocycles. The van der Waals surface area contributed by atoms with Crippen molar-refractivity contribution in [2.75, 3.05) is 19.7 Å². The predicted octanol–water partition coefficient (Wildman–Crippen LogP) is 1.80. The number of ether oxygens (including phenoxy) is 1. The van der Waals surface area contributed by atoms with Crippen LogP contribution in [0.15, 0.2) is 29.6 Å². The summed E-state index contributed by atoms with van der Waals surface area (Å²) in [4.78, 5) is 29.1. The van der Waals surface area contributed by atoms with E-state index >= 15 is 0 Å². The predicted molar refractivity (Wildman–Crippen MR) is 84.6 cm³/mol. The van der Waals surface area contributed by atoms with Gasteiger partial charge in [-0.25, -0.2) is 14.2 Å². The first-order valence-electron chi connectivity index (χ1n) is 7.36. The molecule has 0 aliphatic carbocycles. The van der Waals surface area contributed by atoms with Crippen molar-refractivity contribution in [3.63, 3.8) is 0 Å². The van der Waals surface area contributed by atoms with E-state index in [1.54, 1.807) is 23.6 Å². The molecule has 1 N–H and O–H groups in total. The van der Waals surface area contributed by atoms with Crippen molar-refractivity contribution in [1.29, 1.82) is 0 Å². The maximum atomic E-state index is 13.7. The molecule has 1 unspecified atom stereocenters. The van der Waals surface area contributed by atoms with Gasteiger partial charge in [0.05, 0.1) is 18.2 Å². The van der Waals surface area contributed by atoms with Crippen molar-refractivity contribution < 1.29 is 23.8 Å². The van der Waals surface area contributed by atoms with Crippen molar-refractivity contribution >= 4 is 23.2 Å². The molecule has 2 heterocycles. The molecule has 1 fully saturated rings. The highest BCUT2D eigenvalue weighted by atomic mass is 32.1. The van der Waals surface area contributed by atoms with Gasteiger partial charge in [-0.2, -0.15) is 0 Å². The van der Waals surface area contributed by atoms with Crippen molar-refractivity contribution in [3.05, 3.63) is 51.7 Å². The molecule has 0 bridgehead atoms. The van der Waals surface area contributed by atoms with Gasteiger partial charge in [0.2, 0.25) is 0 Å². The van der Waals surface area contributed by atoms with Gasteiger partial charge in [0.1, 0.15) is 11.5 Å². The minimum Gasteiger partial charge on any atom is -0.479 e. The molecule has 1 aliphatic rings. The number of thiazole rings is 1. The van der Waals surface area contributed by atoms with Crippen LogP contribution in [0.1, 0.15) is 21.1 Å². The molecular weight excluding hydrogens is 335 g/mol. The third kappa shape index (κ3) is 3.60. The largest absolute Gasteiger partial charge is 0.479 e. The van der Waals surface area contributed by atoms with Crippen molar-refractivity contribution in [2.24, 2.45) is 0 Å². The molecule has 0 spiro atoms. The lowest BCUT2D eigenvalue weighted by molar-refractivity contribution is -0.154. The normalized spacial score (nSPS) is 17.7. The zero-order valence-electron chi connectivity index (χ0n) is 12.6. The Labute approximate surface area is 141 Å². The number of rotatable bonds is 4. The average molecular weight is 350 g/mol. The zero-order valence-corrected chi connectivity index (χ0v) is 13.5. The number of carboxylic acid groups (broad SMARTS) is 1. The highest BCUT2D eigenvalue weighted by Gasteiger charge is 2.30. The van der Waals surface area contributed by atoms with E-state index in [1.165, 1.54) is 22.3 Å². The smallest absolute Gasteiger partial charge is 0.334 e. The van der Waals surface area contributed by atoms with E-state index in [4.69, 9.17) is 9.84 Å². The van der Waals surface area contributed by atoms with E-state index in [-0.39, 0.29) is 30.6 Å². The van der Waals surface area contributed by atoms with E-state index in [9.17, 15) is 14.0 Å². The molecule has 2 aromatic rings. The fourth-order valence-electron chi connectivity index (χ4n) is 2.44. The van der Waals surface area contributed by atoms with Crippen LogP contribution in [-0.2, 0) is 16.0 Å². The highest BCUT2D eigenvalue weighted by molar-refractivity contribution is 7.09. The third-order valence-corrected chi connectivity index (χ3v) is 4.55. The number of aliphatic carboxylic acids is 1. The number of hydrogen-bond acceptors (Lipinski definition) is 5. The summed E-state index contributed by atoms with van der Waals surface area (Å²) < 4.78 is 18.8. The van der Waals surface area contributed by atoms with Crippen LogP contribution in [0, 0.1) is 5.82 Å². The maximum absolute atomic E-state index is 13.7. The second-order valence-electron chi connectivity index (χ2n) is 5.34. The second-order valence-corrected chi connectivity index (χ2v) is 6.29. The van der Waals surface area contributed by atoms with Crippen LogP contribution in [0.5, 0.6) is 0 Å². The lowest BCUT2D eigenvalue weighted by Crippen LogP contribution is -2.48. The minimum absolute atomic E-state index is 0.00561. The fraction of sp³-hybridized carbons (Fsp3) is 0.312. The number of benzene rings is 1. The Bertz CT molecular complexity index is 764. The van der Waals surface area contributed by atoms with Gasteiger partial charge in [-0.3, -0.25) is 4.79 Å². The Morgan fingerprint density at radius 3 is 2.96 bits per heavy atom. The Balaban J connectivity index is 1.70. The van der Waals surface area contributed by atoms with Crippen LogP contribution < -0.4 is 0 Å². The fourth-order valence-corrected chi connectivity index (χ4v) is 3.23. The zero-order chi connectivity index (χ0) is 17.1. The molecule has 1 aliphatic heterocycles. The van der Waals surface area contributed by atoms with Crippen LogP contribution >= 0.6 is 11.3 Å². The Morgan fingerprint density at radius 1 is 1.42 bits per heavy atom. The molecule has 1 aromatic carbocycles. The molecule has 6 nitrogen and oxygen atoms in total. The Kier molecular flexibility index (Phi) is 4.86. The average Bonchev–Trinajstić information content (AvgIpc) is 3.05. The summed E-state index contributed by atoms with van der Waals surface area (Å²) in [5.41, 5.74) is 0.764. The summed E-state index contributed by atoms with van der Waals surface area (Å²) in [5.74, 6) is -1.73. The number of amides is 1. The van der Waals surface area contributed by atoms with E-state index in [0.717, 1.165) is 0 Å². The van der Waals surface area contributed by atoms with Crippen LogP contribution in [-0.4, -0.2) is 52.7 Å². The summed E-state index contributed by atoms with van der Waals surface area (Å²) in [7, 11) is 0. The lowest BCUT2D eigenvalue weighted by Gasteiger charge is -2.30. The van der Waals surface area contributed by atoms with Crippen LogP contribution in [0.25, 0.3) is 0 Å². The van der Waals surface area contributed by atoms with Crippen LogP contribution in [0.4, 0.5) is 4.39 Å². The molecular formula is C16H15FN2O4S. The quantitative estimate of drug-likeness (QED) is 0.909. The van der Waals surface area contributed by atoms with Crippen molar-refractivity contribution in [2.45, 2.75) is 12.5 Å². The molecule has 0 saturated carbocycles. The minimum atomic E-state index is -1.09. The number of morpholine rings is 1. The summed E-state index contributed by atoms with van der Waals surface area (Å²) in [6.45, 7) is 0.492. The van der Waals surface area contributed by atoms with E-state index < -0.39 is 12.1 Å². The number of nitrogens with zero attached hydrogens (tertiary/aromatic N) is 2. The van der Waals surface area contributed by atoms with Crippen molar-refractivity contribution in [1.82, 2.24) is 9.88 Å². The number of hydrogen-bond donors (Lipinski definition) is 1. The topological polar surface area (TPSA) is 79.7 Å². The van der Waals surface area contributed by atoms with Crippen LogP contribution in [0.3, 0.4) is 0 Å². The molecule has 1 atom stereocenters. The molecule has 24 heavy (non-hydrogen) atoms. The SMILES string of the molecule is O=C(O)C1CN(C(=O)c2csc(Cc3ccccc3F)n2)CCO1. The van der Waals surface area contributed by atoms with E-state index in [2.05, 4.69) is 4.98 Å². The molecule has 8 heteroatoms. The van der Waals surface area contributed by atoms with Gasteiger partial charge >= 0.3 is 5.97 Å². The number of carbonyl (C=O) groups is 2. The summed E-state index contributed by atoms with van der Waals surface area (Å²) in [5, 5.41) is 11.2. The van der Waals surface area contributed by atoms with Crippen molar-refractivity contribution in [3.8, 4) is 0 Å². The van der Waals surface area contributed by atoms with E-state index in [0.29, 0.717) is 23.5 Å². The second kappa shape index (κ2) is 7.06. The van der Waals surface area contributed by atoms with Gasteiger partial charge in [-0.15, -0.1) is 11.3 Å². The first-order valence-corrected chi connectivity index (χ1v) is 8.24. The maximum Gasteiger partial charge on any atom is 0.334 e. The Morgan fingerprint density at radius 2 is 2.21 bits per heavy atom. The number of aromatic nitrogens is 1. The number of carbonyl (C=O) groups excluding carboxylic acids is 1. The summed E-state index contributed by atoms with van der Waals surface area (Å²) in [6.07, 6.45) is -0.704. The Hall–Kier alpha value is -2.32. The van der Waals surface area contributed by atoms with Gasteiger partial charge in [0.25, 0.3) is 5.91 Å². The number of carboxylic acids is 1. The third-order valence-electron chi connectivity index (χ3n) is 3.70. The van der Waals surface area contributed by atoms with Gasteiger partial charge in [0.15, 0.2) is 6.10 Å². The molecule has 1 amide bonds. The lowest BCUT2D eigenvalue weighted by atomic mass is 10.1. The first kappa shape index (κ1) is 16.5. The molecule has 1 saturated heterocycles. The standard InChI is InChI=1S/C16H15FN2O4S/c17-11-4-2-1-3-10(11)7-14-18-12(9-24-14)15(20)19-5-6-23-13(8-19)16(21)22/h1-4,9,13H,5-8H2,(H,21,22). The molecule has 3 rings (SSSR count). The van der Waals surface area contributed by atoms with Gasteiger partial charge in [-0.05, 0) is 11.6 Å². The van der Waals surface area contributed by atoms with Gasteiger partial charge in [0, 0.05) is 18.3 Å². The first-order chi connectivity index (χ1) is 11.5. The van der Waals surface area contributed by atoms with E-state index in [1.807, 2.05) is 0 Å². The summed E-state index contributed by atoms with van der Waals surface area (Å²) >= 11 is 1.28. The van der Waals surface area contributed by atoms with Gasteiger partial charge < -0.3 is 14.7 Å². The van der Waals surface area contributed by atoms with Gasteiger partial charge in [-0.1, -0.05) is 18.2 Å².